The minimum atomic E-state index is 0.673. The molecule has 0 radical (unpaired) electrons. The van der Waals surface area contributed by atoms with Crippen molar-refractivity contribution in [3.63, 3.8) is 0 Å². The molecule has 0 spiro atoms. The first-order valence-electron chi connectivity index (χ1n) is 5.43. The van der Waals surface area contributed by atoms with Crippen LogP contribution in [0.4, 0.5) is 5.95 Å². The average molecular weight is 252 g/mol. The van der Waals surface area contributed by atoms with Crippen LogP contribution in [0, 0.1) is 6.92 Å². The van der Waals surface area contributed by atoms with Crippen LogP contribution in [0.15, 0.2) is 17.9 Å². The maximum Gasteiger partial charge on any atom is 0.203 e. The Morgan fingerprint density at radius 3 is 3.12 bits per heavy atom. The van der Waals surface area contributed by atoms with Crippen molar-refractivity contribution in [2.75, 3.05) is 25.6 Å². The molecule has 0 aliphatic heterocycles. The third-order valence-electron chi connectivity index (χ3n) is 2.30. The molecule has 0 unspecified atom stereocenters. The molecule has 5 nitrogen and oxygen atoms in total. The number of hydrogen-bond acceptors (Lipinski definition) is 5. The van der Waals surface area contributed by atoms with E-state index in [-0.39, 0.29) is 0 Å². The summed E-state index contributed by atoms with van der Waals surface area (Å²) < 4.78 is 7.10. The van der Waals surface area contributed by atoms with Gasteiger partial charge in [-0.3, -0.25) is 4.98 Å². The van der Waals surface area contributed by atoms with E-state index in [4.69, 9.17) is 4.74 Å². The van der Waals surface area contributed by atoms with Crippen LogP contribution in [0.1, 0.15) is 10.6 Å². The number of ether oxygens (including phenoxy) is 1. The lowest BCUT2D eigenvalue weighted by Crippen LogP contribution is -2.12. The molecule has 0 aliphatic rings. The Balaban J connectivity index is 2.05. The smallest absolute Gasteiger partial charge is 0.203 e. The molecule has 2 aromatic rings. The Hall–Kier alpha value is -1.40. The molecule has 92 valence electrons. The summed E-state index contributed by atoms with van der Waals surface area (Å²) in [4.78, 5) is 9.74. The van der Waals surface area contributed by atoms with Crippen LogP contribution in [-0.4, -0.2) is 34.8 Å². The van der Waals surface area contributed by atoms with Gasteiger partial charge in [-0.05, 0) is 6.92 Å². The molecule has 0 aliphatic carbocycles. The van der Waals surface area contributed by atoms with Gasteiger partial charge >= 0.3 is 0 Å². The minimum absolute atomic E-state index is 0.673. The van der Waals surface area contributed by atoms with Crippen molar-refractivity contribution in [1.29, 1.82) is 0 Å². The predicted octanol–water partition coefficient (Wildman–Crippen LogP) is 1.75. The topological polar surface area (TPSA) is 52.0 Å². The fourth-order valence-corrected chi connectivity index (χ4v) is 2.15. The van der Waals surface area contributed by atoms with Crippen molar-refractivity contribution in [1.82, 2.24) is 14.5 Å². The number of imidazole rings is 1. The Bertz CT molecular complexity index is 452. The molecular weight excluding hydrogens is 236 g/mol. The number of methoxy groups -OCH3 is 1. The molecule has 0 atom stereocenters. The van der Waals surface area contributed by atoms with Crippen LogP contribution in [0.2, 0.25) is 0 Å². The van der Waals surface area contributed by atoms with Gasteiger partial charge in [0.25, 0.3) is 0 Å². The van der Waals surface area contributed by atoms with E-state index in [1.54, 1.807) is 18.4 Å². The van der Waals surface area contributed by atoms with Gasteiger partial charge in [0.05, 0.1) is 24.4 Å². The number of nitrogens with one attached hydrogen (secondary N) is 1. The van der Waals surface area contributed by atoms with Gasteiger partial charge in [-0.2, -0.15) is 0 Å². The summed E-state index contributed by atoms with van der Waals surface area (Å²) >= 11 is 1.65. The van der Waals surface area contributed by atoms with Gasteiger partial charge in [0.2, 0.25) is 5.95 Å². The van der Waals surface area contributed by atoms with E-state index in [1.165, 1.54) is 4.88 Å². The zero-order chi connectivity index (χ0) is 12.1. The molecule has 6 heteroatoms. The molecule has 0 aromatic carbocycles. The van der Waals surface area contributed by atoms with Crippen LogP contribution in [0.25, 0.3) is 0 Å². The quantitative estimate of drug-likeness (QED) is 0.796. The summed E-state index contributed by atoms with van der Waals surface area (Å²) in [7, 11) is 1.69. The Morgan fingerprint density at radius 2 is 2.41 bits per heavy atom. The number of aryl methyl sites for hydroxylation is 1. The monoisotopic (exact) mass is 252 g/mol. The number of hydrogen-bond donors (Lipinski definition) is 1. The first-order valence-corrected chi connectivity index (χ1v) is 6.31. The van der Waals surface area contributed by atoms with E-state index in [0.29, 0.717) is 6.61 Å². The molecule has 2 heterocycles. The van der Waals surface area contributed by atoms with Gasteiger partial charge in [0.15, 0.2) is 0 Å². The number of aromatic nitrogens is 3. The molecule has 0 saturated heterocycles. The zero-order valence-electron chi connectivity index (χ0n) is 10.0. The lowest BCUT2D eigenvalue weighted by atomic mass is 10.5. The maximum absolute atomic E-state index is 5.01. The van der Waals surface area contributed by atoms with E-state index >= 15 is 0 Å². The molecule has 0 amide bonds. The van der Waals surface area contributed by atoms with Gasteiger partial charge in [0, 0.05) is 30.9 Å². The summed E-state index contributed by atoms with van der Waals surface area (Å²) in [6.07, 6.45) is 3.92. The number of nitrogens with zero attached hydrogens (tertiary/aromatic N) is 3. The molecule has 0 bridgehead atoms. The number of thiazole rings is 1. The first kappa shape index (κ1) is 12.1. The summed E-state index contributed by atoms with van der Waals surface area (Å²) in [5, 5.41) is 3.26. The summed E-state index contributed by atoms with van der Waals surface area (Å²) in [5.74, 6) is 0.882. The molecule has 0 saturated carbocycles. The highest BCUT2D eigenvalue weighted by Gasteiger charge is 2.06. The zero-order valence-corrected chi connectivity index (χ0v) is 10.8. The second-order valence-corrected chi connectivity index (χ2v) is 4.69. The van der Waals surface area contributed by atoms with Crippen LogP contribution in [-0.2, 0) is 11.3 Å². The van der Waals surface area contributed by atoms with Crippen LogP contribution >= 0.6 is 11.3 Å². The van der Waals surface area contributed by atoms with Gasteiger partial charge in [0.1, 0.15) is 0 Å². The fraction of sp³-hybridized carbons (Fsp3) is 0.455. The van der Waals surface area contributed by atoms with E-state index in [9.17, 15) is 0 Å². The van der Waals surface area contributed by atoms with Gasteiger partial charge in [-0.15, -0.1) is 11.3 Å². The van der Waals surface area contributed by atoms with E-state index in [0.717, 1.165) is 24.7 Å². The van der Waals surface area contributed by atoms with Crippen LogP contribution in [0.3, 0.4) is 0 Å². The molecule has 1 N–H and O–H groups in total. The van der Waals surface area contributed by atoms with Crippen molar-refractivity contribution in [2.24, 2.45) is 0 Å². The van der Waals surface area contributed by atoms with Crippen molar-refractivity contribution in [3.05, 3.63) is 28.5 Å². The van der Waals surface area contributed by atoms with Gasteiger partial charge < -0.3 is 14.6 Å². The van der Waals surface area contributed by atoms with E-state index < -0.39 is 0 Å². The third kappa shape index (κ3) is 3.28. The molecule has 17 heavy (non-hydrogen) atoms. The highest BCUT2D eigenvalue weighted by atomic mass is 32.1. The highest BCUT2D eigenvalue weighted by Crippen LogP contribution is 2.14. The van der Waals surface area contributed by atoms with Crippen molar-refractivity contribution < 1.29 is 4.74 Å². The predicted molar refractivity (Wildman–Crippen MR) is 68.5 cm³/mol. The minimum Gasteiger partial charge on any atom is -0.383 e. The normalized spacial score (nSPS) is 10.7. The summed E-state index contributed by atoms with van der Waals surface area (Å²) in [5.41, 5.74) is 2.85. The van der Waals surface area contributed by atoms with E-state index in [2.05, 4.69) is 19.9 Å². The first-order chi connectivity index (χ1) is 8.29. The second kappa shape index (κ2) is 5.79. The highest BCUT2D eigenvalue weighted by molar-refractivity contribution is 7.09. The second-order valence-electron chi connectivity index (χ2n) is 3.72. The maximum atomic E-state index is 5.01. The molecular formula is C11H16N4OS. The van der Waals surface area contributed by atoms with Crippen molar-refractivity contribution >= 4 is 17.3 Å². The Morgan fingerprint density at radius 1 is 1.53 bits per heavy atom. The fourth-order valence-electron chi connectivity index (χ4n) is 1.56. The van der Waals surface area contributed by atoms with E-state index in [1.807, 2.05) is 24.8 Å². The third-order valence-corrected chi connectivity index (χ3v) is 3.06. The average Bonchev–Trinajstić information content (AvgIpc) is 2.90. The van der Waals surface area contributed by atoms with Gasteiger partial charge in [-0.25, -0.2) is 4.98 Å². The molecule has 0 fully saturated rings. The van der Waals surface area contributed by atoms with Crippen molar-refractivity contribution in [3.8, 4) is 0 Å². The summed E-state index contributed by atoms with van der Waals surface area (Å²) in [6.45, 7) is 4.23. The lowest BCUT2D eigenvalue weighted by Gasteiger charge is -2.07. The Kier molecular flexibility index (Phi) is 4.11. The number of anilines is 1. The Labute approximate surface area is 104 Å². The van der Waals surface area contributed by atoms with Gasteiger partial charge in [-0.1, -0.05) is 0 Å². The lowest BCUT2D eigenvalue weighted by molar-refractivity contribution is 0.210. The van der Waals surface area contributed by atoms with Crippen molar-refractivity contribution in [2.45, 2.75) is 13.5 Å². The molecule has 2 rings (SSSR count). The molecule has 2 aromatic heterocycles. The van der Waals surface area contributed by atoms with Crippen LogP contribution in [0.5, 0.6) is 0 Å². The van der Waals surface area contributed by atoms with Crippen LogP contribution < -0.4 is 5.32 Å². The SMILES string of the molecule is COCCNc1nc(C)cn1Cc1cncs1. The number of rotatable bonds is 6. The standard InChI is InChI=1S/C11H16N4OS/c1-9-6-15(7-10-5-12-8-17-10)11(14-9)13-3-4-16-2/h5-6,8H,3-4,7H2,1-2H3,(H,13,14). The largest absolute Gasteiger partial charge is 0.383 e. The summed E-state index contributed by atoms with van der Waals surface area (Å²) in [6, 6.07) is 0.